The maximum atomic E-state index is 9.80. The van der Waals surface area contributed by atoms with Gasteiger partial charge in [-0.3, -0.25) is 0 Å². The number of rotatable bonds is 10. The number of hydrogen-bond acceptors (Lipinski definition) is 8. The van der Waals surface area contributed by atoms with Gasteiger partial charge in [0.1, 0.15) is 0 Å². The van der Waals surface area contributed by atoms with Gasteiger partial charge in [-0.15, -0.1) is 0 Å². The Morgan fingerprint density at radius 2 is 1.76 bits per heavy atom. The minimum absolute atomic E-state index is 0.222. The Morgan fingerprint density at radius 3 is 2.59 bits per heavy atom. The van der Waals surface area contributed by atoms with Crippen molar-refractivity contribution >= 4 is 28.4 Å². The molecule has 37 heavy (non-hydrogen) atoms. The molecule has 0 aliphatic carbocycles. The van der Waals surface area contributed by atoms with Crippen LogP contribution in [0.4, 0.5) is 11.9 Å². The van der Waals surface area contributed by atoms with Gasteiger partial charge in [0.05, 0.1) is 23.5 Å². The molecule has 5 N–H and O–H groups in total. The van der Waals surface area contributed by atoms with Crippen LogP contribution in [0.15, 0.2) is 66.9 Å². The molecular weight excluding hydrogens is 464 g/mol. The molecule has 9 nitrogen and oxygen atoms in total. The molecule has 3 heterocycles. The molecule has 0 bridgehead atoms. The zero-order valence-electron chi connectivity index (χ0n) is 21.1. The highest BCUT2D eigenvalue weighted by molar-refractivity contribution is 5.82. The van der Waals surface area contributed by atoms with Crippen LogP contribution in [0, 0.1) is 0 Å². The van der Waals surface area contributed by atoms with Gasteiger partial charge in [-0.2, -0.15) is 19.6 Å². The summed E-state index contributed by atoms with van der Waals surface area (Å²) in [5.74, 6) is 1.32. The van der Waals surface area contributed by atoms with E-state index in [1.54, 1.807) is 4.52 Å². The molecular formula is C28H32N8O. The molecule has 0 saturated carbocycles. The van der Waals surface area contributed by atoms with Crippen molar-refractivity contribution in [2.45, 2.75) is 38.8 Å². The molecule has 0 amide bonds. The number of fused-ring (bicyclic) bond motifs is 2. The molecule has 5 aromatic rings. The van der Waals surface area contributed by atoms with Crippen molar-refractivity contribution in [3.63, 3.8) is 0 Å². The standard InChI is InChI=1S/C28H32N8O/c1-18(2)23-17-32-36-26(23)34-27(30-14-13-21(37)15-29)35-28(36)31-16-20-8-3-5-9-22(20)25-12-11-19-7-4-6-10-24(19)33-25/h3-12,17-18,21,37H,13-16,29H2,1-2H3,(H2,30,31,34,35). The van der Waals surface area contributed by atoms with Crippen molar-refractivity contribution in [1.82, 2.24) is 24.6 Å². The summed E-state index contributed by atoms with van der Waals surface area (Å²) < 4.78 is 1.74. The number of nitrogens with one attached hydrogen (secondary N) is 2. The lowest BCUT2D eigenvalue weighted by Crippen LogP contribution is -2.23. The van der Waals surface area contributed by atoms with Gasteiger partial charge in [-0.05, 0) is 30.0 Å². The van der Waals surface area contributed by atoms with Crippen molar-refractivity contribution < 1.29 is 5.11 Å². The number of nitrogens with two attached hydrogens (primary N) is 1. The summed E-state index contributed by atoms with van der Waals surface area (Å²) in [6, 6.07) is 20.5. The van der Waals surface area contributed by atoms with E-state index in [0.29, 0.717) is 31.4 Å². The van der Waals surface area contributed by atoms with E-state index in [0.717, 1.165) is 38.9 Å². The van der Waals surface area contributed by atoms with Crippen molar-refractivity contribution in [1.29, 1.82) is 0 Å². The quantitative estimate of drug-likeness (QED) is 0.227. The average Bonchev–Trinajstić information content (AvgIpc) is 3.36. The Bertz CT molecular complexity index is 1510. The summed E-state index contributed by atoms with van der Waals surface area (Å²) in [5.41, 5.74) is 11.4. The maximum Gasteiger partial charge on any atom is 0.229 e. The molecule has 0 aliphatic rings. The molecule has 9 heteroatoms. The monoisotopic (exact) mass is 496 g/mol. The van der Waals surface area contributed by atoms with Crippen LogP contribution >= 0.6 is 0 Å². The first-order valence-electron chi connectivity index (χ1n) is 12.6. The van der Waals surface area contributed by atoms with Crippen molar-refractivity contribution in [2.24, 2.45) is 5.73 Å². The number of nitrogens with zero attached hydrogens (tertiary/aromatic N) is 5. The number of anilines is 2. The Kier molecular flexibility index (Phi) is 7.25. The zero-order chi connectivity index (χ0) is 25.8. The normalized spacial score (nSPS) is 12.4. The topological polar surface area (TPSA) is 126 Å². The Morgan fingerprint density at radius 1 is 0.946 bits per heavy atom. The molecule has 190 valence electrons. The van der Waals surface area contributed by atoms with Crippen LogP contribution in [-0.4, -0.2) is 48.9 Å². The Hall–Kier alpha value is -4.08. The molecule has 5 rings (SSSR count). The lowest BCUT2D eigenvalue weighted by molar-refractivity contribution is 0.177. The smallest absolute Gasteiger partial charge is 0.229 e. The van der Waals surface area contributed by atoms with Crippen LogP contribution in [0.5, 0.6) is 0 Å². The van der Waals surface area contributed by atoms with Crippen LogP contribution in [-0.2, 0) is 6.54 Å². The fourth-order valence-corrected chi connectivity index (χ4v) is 4.28. The second-order valence-corrected chi connectivity index (χ2v) is 9.37. The lowest BCUT2D eigenvalue weighted by atomic mass is 10.0. The molecule has 0 saturated heterocycles. The number of para-hydroxylation sites is 1. The fraction of sp³-hybridized carbons (Fsp3) is 0.286. The van der Waals surface area contributed by atoms with Crippen molar-refractivity contribution in [3.8, 4) is 11.3 Å². The van der Waals surface area contributed by atoms with E-state index in [9.17, 15) is 5.11 Å². The predicted molar refractivity (Wildman–Crippen MR) is 148 cm³/mol. The second kappa shape index (κ2) is 10.9. The van der Waals surface area contributed by atoms with Gasteiger partial charge in [0.25, 0.3) is 0 Å². The predicted octanol–water partition coefficient (Wildman–Crippen LogP) is 4.20. The number of aliphatic hydroxyl groups excluding tert-OH is 1. The first kappa shape index (κ1) is 24.6. The van der Waals surface area contributed by atoms with E-state index < -0.39 is 6.10 Å². The summed E-state index contributed by atoms with van der Waals surface area (Å²) in [4.78, 5) is 14.3. The maximum absolute atomic E-state index is 9.80. The highest BCUT2D eigenvalue weighted by Crippen LogP contribution is 2.26. The zero-order valence-corrected chi connectivity index (χ0v) is 21.1. The van der Waals surface area contributed by atoms with E-state index in [2.05, 4.69) is 59.9 Å². The van der Waals surface area contributed by atoms with E-state index in [1.807, 2.05) is 36.5 Å². The third-order valence-electron chi connectivity index (χ3n) is 6.38. The third-order valence-corrected chi connectivity index (χ3v) is 6.38. The molecule has 3 aromatic heterocycles. The lowest BCUT2D eigenvalue weighted by Gasteiger charge is -2.14. The Labute approximate surface area is 215 Å². The third kappa shape index (κ3) is 5.37. The van der Waals surface area contributed by atoms with Crippen LogP contribution in [0.25, 0.3) is 27.8 Å². The summed E-state index contributed by atoms with van der Waals surface area (Å²) in [6.45, 7) is 5.49. The van der Waals surface area contributed by atoms with Gasteiger partial charge < -0.3 is 21.5 Å². The van der Waals surface area contributed by atoms with Gasteiger partial charge in [0.2, 0.25) is 11.9 Å². The molecule has 1 unspecified atom stereocenters. The first-order valence-corrected chi connectivity index (χ1v) is 12.6. The minimum Gasteiger partial charge on any atom is -0.392 e. The molecule has 0 aliphatic heterocycles. The second-order valence-electron chi connectivity index (χ2n) is 9.37. The largest absolute Gasteiger partial charge is 0.392 e. The molecule has 1 atom stereocenters. The van der Waals surface area contributed by atoms with Gasteiger partial charge >= 0.3 is 0 Å². The van der Waals surface area contributed by atoms with Gasteiger partial charge in [-0.1, -0.05) is 62.4 Å². The van der Waals surface area contributed by atoms with Gasteiger partial charge in [0, 0.05) is 36.1 Å². The number of aromatic nitrogens is 5. The summed E-state index contributed by atoms with van der Waals surface area (Å²) >= 11 is 0. The summed E-state index contributed by atoms with van der Waals surface area (Å²) in [6.07, 6.45) is 1.79. The summed E-state index contributed by atoms with van der Waals surface area (Å²) in [5, 5.41) is 22.2. The van der Waals surface area contributed by atoms with E-state index in [1.165, 1.54) is 0 Å². The highest BCUT2D eigenvalue weighted by Gasteiger charge is 2.16. The van der Waals surface area contributed by atoms with Crippen molar-refractivity contribution in [3.05, 3.63) is 78.0 Å². The first-order chi connectivity index (χ1) is 18.0. The van der Waals surface area contributed by atoms with Gasteiger partial charge in [-0.25, -0.2) is 4.98 Å². The highest BCUT2D eigenvalue weighted by atomic mass is 16.3. The summed E-state index contributed by atoms with van der Waals surface area (Å²) in [7, 11) is 0. The average molecular weight is 497 g/mol. The number of benzene rings is 2. The van der Waals surface area contributed by atoms with E-state index in [-0.39, 0.29) is 12.5 Å². The van der Waals surface area contributed by atoms with Gasteiger partial charge in [0.15, 0.2) is 5.65 Å². The van der Waals surface area contributed by atoms with Crippen LogP contribution in [0.2, 0.25) is 0 Å². The van der Waals surface area contributed by atoms with Crippen LogP contribution in [0.3, 0.4) is 0 Å². The number of pyridine rings is 1. The molecule has 0 fully saturated rings. The van der Waals surface area contributed by atoms with E-state index >= 15 is 0 Å². The number of hydrogen-bond donors (Lipinski definition) is 4. The van der Waals surface area contributed by atoms with E-state index in [4.69, 9.17) is 20.7 Å². The minimum atomic E-state index is -0.560. The SMILES string of the molecule is CC(C)c1cnn2c(NCc3ccccc3-c3ccc4ccccc4n3)nc(NCCC(O)CN)nc12. The van der Waals surface area contributed by atoms with Crippen molar-refractivity contribution in [2.75, 3.05) is 23.7 Å². The molecule has 0 radical (unpaired) electrons. The fourth-order valence-electron chi connectivity index (χ4n) is 4.28. The van der Waals surface area contributed by atoms with Crippen LogP contribution in [0.1, 0.15) is 37.3 Å². The molecule has 0 spiro atoms. The molecule has 2 aromatic carbocycles. The number of aliphatic hydroxyl groups is 1. The van der Waals surface area contributed by atoms with Crippen LogP contribution < -0.4 is 16.4 Å². The Balaban J connectivity index is 1.44.